The number of amides is 1. The molecule has 0 radical (unpaired) electrons. The zero-order valence-corrected chi connectivity index (χ0v) is 15.0. The van der Waals surface area contributed by atoms with Gasteiger partial charge in [-0.15, -0.1) is 0 Å². The van der Waals surface area contributed by atoms with E-state index in [4.69, 9.17) is 9.47 Å². The van der Waals surface area contributed by atoms with Gasteiger partial charge in [0.15, 0.2) is 0 Å². The first kappa shape index (κ1) is 16.7. The summed E-state index contributed by atoms with van der Waals surface area (Å²) in [5, 5.41) is 0. The van der Waals surface area contributed by atoms with E-state index < -0.39 is 0 Å². The van der Waals surface area contributed by atoms with E-state index in [0.717, 1.165) is 62.2 Å². The third-order valence-corrected chi connectivity index (χ3v) is 5.89. The fourth-order valence-corrected chi connectivity index (χ4v) is 4.42. The Bertz CT molecular complexity index is 729. The van der Waals surface area contributed by atoms with Crippen LogP contribution in [0.2, 0.25) is 0 Å². The molecule has 2 fully saturated rings. The molecule has 6 nitrogen and oxygen atoms in total. The van der Waals surface area contributed by atoms with Crippen molar-refractivity contribution in [2.24, 2.45) is 11.8 Å². The number of carbonyl (C=O) groups excluding carboxylic acids is 1. The highest BCUT2D eigenvalue weighted by Gasteiger charge is 2.31. The maximum Gasteiger partial charge on any atom is 0.410 e. The maximum atomic E-state index is 12.5. The van der Waals surface area contributed by atoms with Gasteiger partial charge in [0.25, 0.3) is 0 Å². The Morgan fingerprint density at radius 1 is 1.20 bits per heavy atom. The Kier molecular flexibility index (Phi) is 5.12. The quantitative estimate of drug-likeness (QED) is 0.838. The molecule has 1 unspecified atom stereocenters. The van der Waals surface area contributed by atoms with Gasteiger partial charge in [-0.3, -0.25) is 0 Å². The predicted octanol–water partition coefficient (Wildman–Crippen LogP) is 3.47. The van der Waals surface area contributed by atoms with Gasteiger partial charge in [0.05, 0.1) is 11.7 Å². The number of carbonyl (C=O) groups is 1. The van der Waals surface area contributed by atoms with Crippen LogP contribution in [-0.4, -0.2) is 46.0 Å². The first-order chi connectivity index (χ1) is 12.3. The van der Waals surface area contributed by atoms with E-state index >= 15 is 0 Å². The zero-order valence-electron chi connectivity index (χ0n) is 14.2. The van der Waals surface area contributed by atoms with Crippen molar-refractivity contribution in [2.75, 3.05) is 26.3 Å². The third-order valence-electron chi connectivity index (χ3n) is 5.33. The van der Waals surface area contributed by atoms with Crippen LogP contribution in [0.15, 0.2) is 18.2 Å². The lowest BCUT2D eigenvalue weighted by atomic mass is 9.81. The second-order valence-corrected chi connectivity index (χ2v) is 7.47. The monoisotopic (exact) mass is 361 g/mol. The topological polar surface area (TPSA) is 64.5 Å². The molecule has 1 atom stereocenters. The molecular formula is C18H23N3O3S. The number of hydrogen-bond acceptors (Lipinski definition) is 6. The molecule has 0 bridgehead atoms. The summed E-state index contributed by atoms with van der Waals surface area (Å²) in [5.74, 6) is 1.27. The van der Waals surface area contributed by atoms with Gasteiger partial charge in [-0.2, -0.15) is 8.75 Å². The van der Waals surface area contributed by atoms with Crippen molar-refractivity contribution >= 4 is 28.9 Å². The average Bonchev–Trinajstić information content (AvgIpc) is 3.15. The molecule has 0 saturated carbocycles. The van der Waals surface area contributed by atoms with E-state index in [1.54, 1.807) is 0 Å². The van der Waals surface area contributed by atoms with Crippen molar-refractivity contribution in [1.82, 2.24) is 13.6 Å². The second-order valence-electron chi connectivity index (χ2n) is 6.94. The molecule has 25 heavy (non-hydrogen) atoms. The molecule has 2 saturated heterocycles. The van der Waals surface area contributed by atoms with Gasteiger partial charge < -0.3 is 14.4 Å². The van der Waals surface area contributed by atoms with E-state index in [0.29, 0.717) is 11.8 Å². The van der Waals surface area contributed by atoms with E-state index in [9.17, 15) is 4.79 Å². The van der Waals surface area contributed by atoms with Crippen LogP contribution in [0.25, 0.3) is 11.0 Å². The van der Waals surface area contributed by atoms with Crippen LogP contribution in [0, 0.1) is 11.8 Å². The minimum absolute atomic E-state index is 0.201. The summed E-state index contributed by atoms with van der Waals surface area (Å²) in [5.41, 5.74) is 2.69. The summed E-state index contributed by atoms with van der Waals surface area (Å²) >= 11 is 1.20. The molecule has 4 rings (SSSR count). The lowest BCUT2D eigenvalue weighted by molar-refractivity contribution is 0.0226. The summed E-state index contributed by atoms with van der Waals surface area (Å²) in [7, 11) is 0. The van der Waals surface area contributed by atoms with Crippen molar-refractivity contribution in [2.45, 2.75) is 32.3 Å². The van der Waals surface area contributed by atoms with Gasteiger partial charge in [0.1, 0.15) is 17.6 Å². The number of fused-ring (bicyclic) bond motifs is 1. The fourth-order valence-electron chi connectivity index (χ4n) is 3.90. The van der Waals surface area contributed by atoms with Crippen LogP contribution in [0.4, 0.5) is 4.79 Å². The lowest BCUT2D eigenvalue weighted by Gasteiger charge is -2.37. The minimum Gasteiger partial charge on any atom is -0.445 e. The molecule has 0 aliphatic carbocycles. The number of rotatable bonds is 3. The summed E-state index contributed by atoms with van der Waals surface area (Å²) in [6.07, 6.45) is 4.31. The Labute approximate surface area is 151 Å². The Morgan fingerprint density at radius 3 is 2.92 bits per heavy atom. The number of hydrogen-bond donors (Lipinski definition) is 0. The molecule has 1 aromatic carbocycles. The molecule has 2 aliphatic rings. The summed E-state index contributed by atoms with van der Waals surface area (Å²) in [6, 6.07) is 5.80. The molecular weight excluding hydrogens is 338 g/mol. The Balaban J connectivity index is 1.32. The van der Waals surface area contributed by atoms with E-state index in [1.165, 1.54) is 18.1 Å². The van der Waals surface area contributed by atoms with Crippen molar-refractivity contribution in [1.29, 1.82) is 0 Å². The third kappa shape index (κ3) is 3.93. The van der Waals surface area contributed by atoms with Crippen molar-refractivity contribution in [3.63, 3.8) is 0 Å². The van der Waals surface area contributed by atoms with Crippen molar-refractivity contribution in [3.8, 4) is 0 Å². The lowest BCUT2D eigenvalue weighted by Crippen LogP contribution is -2.43. The highest BCUT2D eigenvalue weighted by atomic mass is 32.1. The summed E-state index contributed by atoms with van der Waals surface area (Å²) in [4.78, 5) is 14.3. The van der Waals surface area contributed by atoms with Gasteiger partial charge in [-0.25, -0.2) is 4.79 Å². The number of nitrogens with zero attached hydrogens (tertiary/aromatic N) is 3. The highest BCUT2D eigenvalue weighted by molar-refractivity contribution is 7.00. The molecule has 7 heteroatoms. The second kappa shape index (κ2) is 7.66. The van der Waals surface area contributed by atoms with Gasteiger partial charge in [0.2, 0.25) is 0 Å². The smallest absolute Gasteiger partial charge is 0.410 e. The van der Waals surface area contributed by atoms with Crippen LogP contribution in [-0.2, 0) is 16.1 Å². The molecule has 2 aromatic rings. The van der Waals surface area contributed by atoms with Crippen molar-refractivity contribution < 1.29 is 14.3 Å². The minimum atomic E-state index is -0.201. The van der Waals surface area contributed by atoms with Crippen LogP contribution < -0.4 is 0 Å². The normalized spacial score (nSPS) is 22.2. The van der Waals surface area contributed by atoms with Crippen LogP contribution in [0.5, 0.6) is 0 Å². The highest BCUT2D eigenvalue weighted by Crippen LogP contribution is 2.31. The maximum absolute atomic E-state index is 12.5. The number of benzene rings is 1. The first-order valence-electron chi connectivity index (χ1n) is 9.00. The molecule has 2 aliphatic heterocycles. The van der Waals surface area contributed by atoms with Gasteiger partial charge >= 0.3 is 6.09 Å². The summed E-state index contributed by atoms with van der Waals surface area (Å²) < 4.78 is 19.4. The average molecular weight is 361 g/mol. The molecule has 134 valence electrons. The fraction of sp³-hybridized carbons (Fsp3) is 0.611. The Morgan fingerprint density at radius 2 is 2.04 bits per heavy atom. The van der Waals surface area contributed by atoms with Crippen LogP contribution in [0.1, 0.15) is 31.2 Å². The van der Waals surface area contributed by atoms with E-state index in [1.807, 2.05) is 23.1 Å². The first-order valence-corrected chi connectivity index (χ1v) is 9.73. The zero-order chi connectivity index (χ0) is 17.1. The molecule has 1 amide bonds. The number of likely N-dealkylation sites (tertiary alicyclic amines) is 1. The summed E-state index contributed by atoms with van der Waals surface area (Å²) in [6.45, 7) is 3.62. The van der Waals surface area contributed by atoms with E-state index in [-0.39, 0.29) is 12.7 Å². The molecule has 0 spiro atoms. The molecule has 3 heterocycles. The standard InChI is InChI=1S/C18H23N3O3S/c22-18(24-12-13-3-4-16-17(10-13)20-25-19-16)21-7-1-2-15(11-21)14-5-8-23-9-6-14/h3-4,10,14-15H,1-2,5-9,11-12H2. The predicted molar refractivity (Wildman–Crippen MR) is 95.4 cm³/mol. The number of aromatic nitrogens is 2. The largest absolute Gasteiger partial charge is 0.445 e. The van der Waals surface area contributed by atoms with Gasteiger partial charge in [-0.05, 0) is 55.2 Å². The SMILES string of the molecule is O=C(OCc1ccc2nsnc2c1)N1CCCC(C2CCOCC2)C1. The van der Waals surface area contributed by atoms with Crippen LogP contribution in [0.3, 0.4) is 0 Å². The number of ether oxygens (including phenoxy) is 2. The molecule has 1 aromatic heterocycles. The van der Waals surface area contributed by atoms with Gasteiger partial charge in [-0.1, -0.05) is 6.07 Å². The van der Waals surface area contributed by atoms with E-state index in [2.05, 4.69) is 8.75 Å². The van der Waals surface area contributed by atoms with Gasteiger partial charge in [0, 0.05) is 26.3 Å². The Hall–Kier alpha value is -1.73. The number of piperidine rings is 1. The van der Waals surface area contributed by atoms with Crippen LogP contribution >= 0.6 is 11.7 Å². The molecule has 0 N–H and O–H groups in total. The van der Waals surface area contributed by atoms with Crippen molar-refractivity contribution in [3.05, 3.63) is 23.8 Å².